The summed E-state index contributed by atoms with van der Waals surface area (Å²) >= 11 is 1.79. The van der Waals surface area contributed by atoms with Crippen molar-refractivity contribution in [1.29, 1.82) is 0 Å². The van der Waals surface area contributed by atoms with Crippen molar-refractivity contribution >= 4 is 29.9 Å². The van der Waals surface area contributed by atoms with Gasteiger partial charge < -0.3 is 14.4 Å². The first kappa shape index (κ1) is 19.0. The molecular formula is C16H23N2O4S+. The van der Waals surface area contributed by atoms with E-state index in [9.17, 15) is 9.59 Å². The van der Waals surface area contributed by atoms with Crippen LogP contribution in [-0.4, -0.2) is 73.3 Å². The van der Waals surface area contributed by atoms with Gasteiger partial charge >= 0.3 is 11.9 Å². The SMILES string of the molecule is C=CC(=O)OCC[N+](=CC=C1SCCN1C)CCOC(=O)C=C. The summed E-state index contributed by atoms with van der Waals surface area (Å²) in [5, 5.41) is 1.18. The van der Waals surface area contributed by atoms with E-state index in [0.29, 0.717) is 13.1 Å². The highest BCUT2D eigenvalue weighted by Gasteiger charge is 2.13. The molecule has 1 rings (SSSR count). The minimum atomic E-state index is -0.451. The summed E-state index contributed by atoms with van der Waals surface area (Å²) < 4.78 is 11.9. The Labute approximate surface area is 141 Å². The number of ether oxygens (including phenoxy) is 2. The Bertz CT molecular complexity index is 486. The topological polar surface area (TPSA) is 58.9 Å². The highest BCUT2D eigenvalue weighted by atomic mass is 32.2. The van der Waals surface area contributed by atoms with Crippen LogP contribution in [0.4, 0.5) is 0 Å². The molecule has 0 aromatic rings. The Balaban J connectivity index is 2.58. The first-order valence-electron chi connectivity index (χ1n) is 7.28. The van der Waals surface area contributed by atoms with Crippen LogP contribution in [0.15, 0.2) is 36.4 Å². The molecule has 0 aromatic heterocycles. The lowest BCUT2D eigenvalue weighted by Crippen LogP contribution is -2.24. The summed E-state index contributed by atoms with van der Waals surface area (Å²) in [6.45, 7) is 9.22. The normalized spacial score (nSPS) is 15.2. The molecule has 0 N–H and O–H groups in total. The molecular weight excluding hydrogens is 316 g/mol. The zero-order valence-corrected chi connectivity index (χ0v) is 14.2. The summed E-state index contributed by atoms with van der Waals surface area (Å²) in [4.78, 5) is 24.3. The van der Waals surface area contributed by atoms with Crippen LogP contribution in [0.3, 0.4) is 0 Å². The van der Waals surface area contributed by atoms with Gasteiger partial charge in [-0.2, -0.15) is 0 Å². The monoisotopic (exact) mass is 339 g/mol. The third kappa shape index (κ3) is 7.69. The molecule has 23 heavy (non-hydrogen) atoms. The lowest BCUT2D eigenvalue weighted by molar-refractivity contribution is -0.526. The Hall–Kier alpha value is -2.02. The van der Waals surface area contributed by atoms with E-state index in [1.54, 1.807) is 11.8 Å². The van der Waals surface area contributed by atoms with Gasteiger partial charge in [0.25, 0.3) is 0 Å². The molecule has 0 radical (unpaired) electrons. The minimum absolute atomic E-state index is 0.239. The van der Waals surface area contributed by atoms with Gasteiger partial charge in [-0.1, -0.05) is 13.2 Å². The van der Waals surface area contributed by atoms with E-state index in [-0.39, 0.29) is 13.2 Å². The average molecular weight is 339 g/mol. The average Bonchev–Trinajstić information content (AvgIpc) is 2.96. The molecule has 0 unspecified atom stereocenters. The van der Waals surface area contributed by atoms with Gasteiger partial charge in [0.05, 0.1) is 5.03 Å². The molecule has 0 bridgehead atoms. The highest BCUT2D eigenvalue weighted by molar-refractivity contribution is 8.03. The van der Waals surface area contributed by atoms with Crippen LogP contribution in [0.2, 0.25) is 0 Å². The van der Waals surface area contributed by atoms with Gasteiger partial charge in [0.15, 0.2) is 19.3 Å². The van der Waals surface area contributed by atoms with Gasteiger partial charge in [-0.15, -0.1) is 11.8 Å². The maximum Gasteiger partial charge on any atom is 0.330 e. The number of nitrogens with zero attached hydrogens (tertiary/aromatic N) is 2. The van der Waals surface area contributed by atoms with Crippen LogP contribution in [0.5, 0.6) is 0 Å². The number of carbonyl (C=O) groups is 2. The summed E-state index contributed by atoms with van der Waals surface area (Å²) in [5.41, 5.74) is 0. The molecule has 0 amide bonds. The Kier molecular flexibility index (Phi) is 8.82. The molecule has 1 aliphatic heterocycles. The summed E-state index contributed by atoms with van der Waals surface area (Å²) in [6.07, 6.45) is 6.20. The molecule has 1 fully saturated rings. The summed E-state index contributed by atoms with van der Waals surface area (Å²) in [5.74, 6) is 0.171. The van der Waals surface area contributed by atoms with Crippen molar-refractivity contribution in [2.24, 2.45) is 0 Å². The van der Waals surface area contributed by atoms with Crippen LogP contribution in [0.25, 0.3) is 0 Å². The maximum absolute atomic E-state index is 11.1. The third-order valence-electron chi connectivity index (χ3n) is 3.06. The number of thioether (sulfide) groups is 1. The standard InChI is InChI=1S/C16H23N2O4S/c1-4-15(19)21-11-8-18(9-12-22-16(20)5-2)7-6-14-17(3)10-13-23-14/h4-7H,1-2,8-13H2,3H3/q+1. The maximum atomic E-state index is 11.1. The van der Waals surface area contributed by atoms with E-state index in [1.807, 2.05) is 23.9 Å². The van der Waals surface area contributed by atoms with Crippen molar-refractivity contribution in [2.45, 2.75) is 0 Å². The van der Waals surface area contributed by atoms with Crippen LogP contribution in [0, 0.1) is 0 Å². The van der Waals surface area contributed by atoms with E-state index in [0.717, 1.165) is 24.4 Å². The van der Waals surface area contributed by atoms with Gasteiger partial charge in [0, 0.05) is 37.6 Å². The summed E-state index contributed by atoms with van der Waals surface area (Å²) in [6, 6.07) is 0. The van der Waals surface area contributed by atoms with Crippen LogP contribution < -0.4 is 0 Å². The van der Waals surface area contributed by atoms with E-state index < -0.39 is 11.9 Å². The molecule has 7 heteroatoms. The molecule has 126 valence electrons. The summed E-state index contributed by atoms with van der Waals surface area (Å²) in [7, 11) is 2.04. The number of esters is 2. The molecule has 6 nitrogen and oxygen atoms in total. The number of rotatable bonds is 9. The molecule has 0 atom stereocenters. The molecule has 1 aliphatic rings. The Morgan fingerprint density at radius 3 is 2.22 bits per heavy atom. The molecule has 1 saturated heterocycles. The fraction of sp³-hybridized carbons (Fsp3) is 0.438. The van der Waals surface area contributed by atoms with Crippen molar-refractivity contribution in [3.63, 3.8) is 0 Å². The smallest absolute Gasteiger partial charge is 0.330 e. The predicted octanol–water partition coefficient (Wildman–Crippen LogP) is 1.05. The lowest BCUT2D eigenvalue weighted by atomic mass is 10.5. The second-order valence-electron chi connectivity index (χ2n) is 4.70. The van der Waals surface area contributed by atoms with E-state index in [2.05, 4.69) is 18.1 Å². The van der Waals surface area contributed by atoms with Gasteiger partial charge in [-0.05, 0) is 0 Å². The van der Waals surface area contributed by atoms with Crippen LogP contribution in [-0.2, 0) is 19.1 Å². The first-order chi connectivity index (χ1) is 11.1. The Morgan fingerprint density at radius 1 is 1.22 bits per heavy atom. The van der Waals surface area contributed by atoms with Crippen molar-refractivity contribution in [2.75, 3.05) is 45.6 Å². The Morgan fingerprint density at radius 2 is 1.78 bits per heavy atom. The van der Waals surface area contributed by atoms with E-state index >= 15 is 0 Å². The minimum Gasteiger partial charge on any atom is -0.456 e. The van der Waals surface area contributed by atoms with E-state index in [1.165, 1.54) is 5.03 Å². The number of hydrogen-bond acceptors (Lipinski definition) is 6. The highest BCUT2D eigenvalue weighted by Crippen LogP contribution is 2.24. The van der Waals surface area contributed by atoms with Gasteiger partial charge in [0.1, 0.15) is 13.2 Å². The van der Waals surface area contributed by atoms with Gasteiger partial charge in [0.2, 0.25) is 0 Å². The zero-order valence-electron chi connectivity index (χ0n) is 13.4. The molecule has 0 saturated carbocycles. The fourth-order valence-corrected chi connectivity index (χ4v) is 2.80. The quantitative estimate of drug-likeness (QED) is 0.271. The number of hydrogen-bond donors (Lipinski definition) is 0. The molecule has 0 spiro atoms. The third-order valence-corrected chi connectivity index (χ3v) is 4.19. The molecule has 0 aromatic carbocycles. The molecule has 0 aliphatic carbocycles. The fourth-order valence-electron chi connectivity index (χ4n) is 1.76. The first-order valence-corrected chi connectivity index (χ1v) is 8.27. The molecule has 1 heterocycles. The van der Waals surface area contributed by atoms with Gasteiger partial charge in [-0.25, -0.2) is 14.2 Å². The second kappa shape index (κ2) is 10.7. The van der Waals surface area contributed by atoms with Crippen molar-refractivity contribution < 1.29 is 23.6 Å². The van der Waals surface area contributed by atoms with Crippen LogP contribution in [0.1, 0.15) is 0 Å². The number of carbonyl (C=O) groups excluding carboxylic acids is 2. The number of allylic oxidation sites excluding steroid dienone is 1. The van der Waals surface area contributed by atoms with Crippen LogP contribution >= 0.6 is 11.8 Å². The van der Waals surface area contributed by atoms with Crippen molar-refractivity contribution in [3.8, 4) is 0 Å². The lowest BCUT2D eigenvalue weighted by Gasteiger charge is -2.09. The second-order valence-corrected chi connectivity index (χ2v) is 5.82. The predicted molar refractivity (Wildman–Crippen MR) is 91.5 cm³/mol. The largest absolute Gasteiger partial charge is 0.456 e. The zero-order chi connectivity index (χ0) is 17.1. The van der Waals surface area contributed by atoms with Gasteiger partial charge in [-0.3, -0.25) is 0 Å². The van der Waals surface area contributed by atoms with E-state index in [4.69, 9.17) is 9.47 Å². The van der Waals surface area contributed by atoms with Crippen molar-refractivity contribution in [1.82, 2.24) is 4.90 Å². The van der Waals surface area contributed by atoms with Crippen molar-refractivity contribution in [3.05, 3.63) is 36.4 Å².